The topological polar surface area (TPSA) is 95.6 Å². The maximum Gasteiger partial charge on any atom is 0.243 e. The average Bonchev–Trinajstić information content (AvgIpc) is 2.68. The van der Waals surface area contributed by atoms with Gasteiger partial charge < -0.3 is 10.6 Å². The summed E-state index contributed by atoms with van der Waals surface area (Å²) in [5.74, 6) is -0.370. The van der Waals surface area contributed by atoms with Crippen LogP contribution in [-0.2, 0) is 19.6 Å². The van der Waals surface area contributed by atoms with Gasteiger partial charge in [0.1, 0.15) is 0 Å². The number of carbonyl (C=O) groups excluding carboxylic acids is 2. The Morgan fingerprint density at radius 2 is 1.31 bits per heavy atom. The molecule has 0 unspecified atom stereocenters. The van der Waals surface area contributed by atoms with E-state index in [2.05, 4.69) is 10.6 Å². The molecule has 2 N–H and O–H groups in total. The third-order valence-electron chi connectivity index (χ3n) is 4.54. The van der Waals surface area contributed by atoms with Crippen LogP contribution in [0.2, 0.25) is 0 Å². The third kappa shape index (κ3) is 9.41. The summed E-state index contributed by atoms with van der Waals surface area (Å²) < 4.78 is 27.3. The molecule has 0 spiro atoms. The number of nitrogens with zero attached hydrogens (tertiary/aromatic N) is 1. The van der Waals surface area contributed by atoms with Gasteiger partial charge >= 0.3 is 0 Å². The van der Waals surface area contributed by atoms with E-state index in [0.29, 0.717) is 13.1 Å². The molecule has 0 bridgehead atoms. The molecule has 0 aliphatic rings. The van der Waals surface area contributed by atoms with E-state index in [4.69, 9.17) is 0 Å². The maximum absolute atomic E-state index is 13.1. The van der Waals surface area contributed by atoms with E-state index in [1.165, 1.54) is 4.31 Å². The van der Waals surface area contributed by atoms with Crippen LogP contribution < -0.4 is 10.6 Å². The molecule has 1 aromatic carbocycles. The summed E-state index contributed by atoms with van der Waals surface area (Å²) in [6.07, 6.45) is 3.84. The van der Waals surface area contributed by atoms with Crippen LogP contribution in [0.15, 0.2) is 29.2 Å². The minimum Gasteiger partial charge on any atom is -0.356 e. The highest BCUT2D eigenvalue weighted by Crippen LogP contribution is 2.17. The Kier molecular flexibility index (Phi) is 11.5. The number of hydrogen-bond donors (Lipinski definition) is 2. The number of benzene rings is 1. The predicted octanol–water partition coefficient (Wildman–Crippen LogP) is 2.60. The Hall–Kier alpha value is -1.93. The van der Waals surface area contributed by atoms with Crippen molar-refractivity contribution in [1.29, 1.82) is 0 Å². The van der Waals surface area contributed by atoms with Gasteiger partial charge in [0.2, 0.25) is 21.8 Å². The molecule has 0 saturated carbocycles. The molecule has 0 atom stereocenters. The van der Waals surface area contributed by atoms with Gasteiger partial charge in [-0.3, -0.25) is 9.59 Å². The molecule has 8 heteroatoms. The molecular weight excluding hydrogens is 390 g/mol. The summed E-state index contributed by atoms with van der Waals surface area (Å²) >= 11 is 0. The molecule has 0 aliphatic heterocycles. The Morgan fingerprint density at radius 1 is 0.862 bits per heavy atom. The van der Waals surface area contributed by atoms with Gasteiger partial charge in [-0.05, 0) is 31.9 Å². The van der Waals surface area contributed by atoms with Crippen molar-refractivity contribution >= 4 is 21.8 Å². The lowest BCUT2D eigenvalue weighted by molar-refractivity contribution is -0.121. The predicted molar refractivity (Wildman–Crippen MR) is 115 cm³/mol. The minimum atomic E-state index is -3.79. The zero-order chi connectivity index (χ0) is 21.7. The lowest BCUT2D eigenvalue weighted by Crippen LogP contribution is -2.38. The molecule has 0 fully saturated rings. The fourth-order valence-electron chi connectivity index (χ4n) is 2.65. The quantitative estimate of drug-likeness (QED) is 0.448. The lowest BCUT2D eigenvalue weighted by Gasteiger charge is -2.22. The highest BCUT2D eigenvalue weighted by Gasteiger charge is 2.25. The van der Waals surface area contributed by atoms with E-state index >= 15 is 0 Å². The number of amides is 2. The van der Waals surface area contributed by atoms with E-state index in [1.807, 2.05) is 20.8 Å². The number of carbonyl (C=O) groups is 2. The summed E-state index contributed by atoms with van der Waals surface area (Å²) in [5.41, 5.74) is 0.959. The van der Waals surface area contributed by atoms with Gasteiger partial charge in [0.15, 0.2) is 0 Å². The van der Waals surface area contributed by atoms with E-state index in [0.717, 1.165) is 31.2 Å². The Bertz CT molecular complexity index is 707. The first-order valence-electron chi connectivity index (χ1n) is 10.4. The Morgan fingerprint density at radius 3 is 1.72 bits per heavy atom. The normalized spacial score (nSPS) is 11.4. The first-order chi connectivity index (χ1) is 13.8. The van der Waals surface area contributed by atoms with Gasteiger partial charge in [0, 0.05) is 39.0 Å². The largest absolute Gasteiger partial charge is 0.356 e. The molecule has 1 rings (SSSR count). The van der Waals surface area contributed by atoms with E-state index in [-0.39, 0.29) is 42.6 Å². The number of hydrogen-bond acceptors (Lipinski definition) is 4. The van der Waals surface area contributed by atoms with E-state index < -0.39 is 10.0 Å². The summed E-state index contributed by atoms with van der Waals surface area (Å²) in [6.45, 7) is 7.20. The van der Waals surface area contributed by atoms with Crippen molar-refractivity contribution in [3.05, 3.63) is 29.8 Å². The minimum absolute atomic E-state index is 0.0381. The second-order valence-electron chi connectivity index (χ2n) is 7.12. The van der Waals surface area contributed by atoms with Crippen LogP contribution in [0.5, 0.6) is 0 Å². The van der Waals surface area contributed by atoms with Crippen LogP contribution in [0.25, 0.3) is 0 Å². The molecule has 0 radical (unpaired) electrons. The van der Waals surface area contributed by atoms with Gasteiger partial charge in [-0.15, -0.1) is 0 Å². The van der Waals surface area contributed by atoms with Crippen LogP contribution >= 0.6 is 0 Å². The first kappa shape index (κ1) is 25.1. The number of aryl methyl sites for hydroxylation is 1. The third-order valence-corrected chi connectivity index (χ3v) is 6.45. The second-order valence-corrected chi connectivity index (χ2v) is 9.06. The van der Waals surface area contributed by atoms with Crippen molar-refractivity contribution in [2.24, 2.45) is 0 Å². The Balaban J connectivity index is 2.80. The number of rotatable bonds is 14. The zero-order valence-corrected chi connectivity index (χ0v) is 18.7. The smallest absolute Gasteiger partial charge is 0.243 e. The van der Waals surface area contributed by atoms with Gasteiger partial charge in [-0.2, -0.15) is 4.31 Å². The molecule has 0 heterocycles. The van der Waals surface area contributed by atoms with Gasteiger partial charge in [0.25, 0.3) is 0 Å². The monoisotopic (exact) mass is 425 g/mol. The summed E-state index contributed by atoms with van der Waals surface area (Å²) in [5, 5.41) is 5.59. The van der Waals surface area contributed by atoms with Crippen molar-refractivity contribution in [3.63, 3.8) is 0 Å². The molecule has 2 amide bonds. The molecule has 0 saturated heterocycles. The maximum atomic E-state index is 13.1. The van der Waals surface area contributed by atoms with Crippen LogP contribution in [0.3, 0.4) is 0 Å². The average molecular weight is 426 g/mol. The van der Waals surface area contributed by atoms with E-state index in [1.54, 1.807) is 24.3 Å². The zero-order valence-electron chi connectivity index (χ0n) is 17.9. The fraction of sp³-hybridized carbons (Fsp3) is 0.619. The highest BCUT2D eigenvalue weighted by atomic mass is 32.2. The molecule has 0 aromatic heterocycles. The van der Waals surface area contributed by atoms with Crippen molar-refractivity contribution < 1.29 is 18.0 Å². The van der Waals surface area contributed by atoms with Gasteiger partial charge in [-0.25, -0.2) is 8.42 Å². The molecular formula is C21H35N3O4S. The van der Waals surface area contributed by atoms with Crippen molar-refractivity contribution in [3.8, 4) is 0 Å². The summed E-state index contributed by atoms with van der Waals surface area (Å²) in [4.78, 5) is 24.2. The molecule has 0 aliphatic carbocycles. The van der Waals surface area contributed by atoms with E-state index in [9.17, 15) is 18.0 Å². The lowest BCUT2D eigenvalue weighted by atomic mass is 10.2. The highest BCUT2D eigenvalue weighted by molar-refractivity contribution is 7.89. The second kappa shape index (κ2) is 13.3. The van der Waals surface area contributed by atoms with Crippen molar-refractivity contribution in [2.45, 2.75) is 64.2 Å². The van der Waals surface area contributed by atoms with Crippen molar-refractivity contribution in [1.82, 2.24) is 14.9 Å². The fourth-order valence-corrected chi connectivity index (χ4v) is 4.09. The standard InChI is InChI=1S/C21H35N3O4S/c1-4-6-14-22-20(25)12-16-24(17-13-21(26)23-15-7-5-2)29(27,28)19-10-8-18(3)9-11-19/h8-11H,4-7,12-17H2,1-3H3,(H,22,25)(H,23,26). The molecule has 164 valence electrons. The molecule has 29 heavy (non-hydrogen) atoms. The first-order valence-corrected chi connectivity index (χ1v) is 11.9. The summed E-state index contributed by atoms with van der Waals surface area (Å²) in [7, 11) is -3.79. The Labute approximate surface area is 175 Å². The number of sulfonamides is 1. The molecule has 7 nitrogen and oxygen atoms in total. The van der Waals surface area contributed by atoms with Crippen LogP contribution in [0.1, 0.15) is 57.9 Å². The summed E-state index contributed by atoms with van der Waals surface area (Å²) in [6, 6.07) is 6.58. The van der Waals surface area contributed by atoms with Crippen molar-refractivity contribution in [2.75, 3.05) is 26.2 Å². The van der Waals surface area contributed by atoms with Crippen LogP contribution in [0, 0.1) is 6.92 Å². The number of unbranched alkanes of at least 4 members (excludes halogenated alkanes) is 2. The van der Waals surface area contributed by atoms with Crippen LogP contribution in [-0.4, -0.2) is 50.7 Å². The van der Waals surface area contributed by atoms with Crippen LogP contribution in [0.4, 0.5) is 0 Å². The van der Waals surface area contributed by atoms with Gasteiger partial charge in [-0.1, -0.05) is 44.4 Å². The SMILES string of the molecule is CCCCNC(=O)CCN(CCC(=O)NCCCC)S(=O)(=O)c1ccc(C)cc1. The van der Waals surface area contributed by atoms with Gasteiger partial charge in [0.05, 0.1) is 4.90 Å². The molecule has 1 aromatic rings. The number of nitrogens with one attached hydrogen (secondary N) is 2.